The second-order valence-electron chi connectivity index (χ2n) is 4.62. The van der Waals surface area contributed by atoms with Crippen molar-refractivity contribution in [2.24, 2.45) is 5.73 Å². The molecule has 0 aliphatic heterocycles. The lowest BCUT2D eigenvalue weighted by atomic mass is 10.2. The first-order valence-corrected chi connectivity index (χ1v) is 7.15. The third-order valence-corrected chi connectivity index (χ3v) is 3.08. The lowest BCUT2D eigenvalue weighted by molar-refractivity contribution is -0.118. The molecule has 0 saturated heterocycles. The first kappa shape index (κ1) is 15.3. The molecule has 5 nitrogen and oxygen atoms in total. The molecule has 0 saturated carbocycles. The average molecular weight is 305 g/mol. The molecule has 0 fully saturated rings. The van der Waals surface area contributed by atoms with Crippen LogP contribution in [0.15, 0.2) is 36.4 Å². The first-order chi connectivity index (χ1) is 10.1. The predicted molar refractivity (Wildman–Crippen MR) is 84.0 cm³/mol. The van der Waals surface area contributed by atoms with Crippen LogP contribution in [0.25, 0.3) is 11.4 Å². The summed E-state index contributed by atoms with van der Waals surface area (Å²) >= 11 is 6.03. The predicted octanol–water partition coefficient (Wildman–Crippen LogP) is 2.86. The van der Waals surface area contributed by atoms with E-state index in [1.54, 1.807) is 6.07 Å². The number of nitrogens with one attached hydrogen (secondary N) is 1. The summed E-state index contributed by atoms with van der Waals surface area (Å²) in [5.74, 6) is 0.988. The van der Waals surface area contributed by atoms with Gasteiger partial charge >= 0.3 is 0 Å². The number of primary amides is 1. The quantitative estimate of drug-likeness (QED) is 0.609. The van der Waals surface area contributed by atoms with Gasteiger partial charge in [0.05, 0.1) is 0 Å². The molecule has 0 unspecified atom stereocenters. The normalized spacial score (nSPS) is 10.3. The molecule has 1 aromatic carbocycles. The maximum atomic E-state index is 10.6. The molecule has 1 aromatic heterocycles. The fourth-order valence-corrected chi connectivity index (χ4v) is 2.05. The molecule has 2 aromatic rings. The zero-order valence-electron chi connectivity index (χ0n) is 11.6. The molecule has 0 radical (unpaired) electrons. The van der Waals surface area contributed by atoms with Gasteiger partial charge in [-0.2, -0.15) is 0 Å². The Morgan fingerprint density at radius 3 is 2.67 bits per heavy atom. The number of benzene rings is 1. The van der Waals surface area contributed by atoms with Gasteiger partial charge in [-0.25, -0.2) is 9.97 Å². The van der Waals surface area contributed by atoms with E-state index in [1.807, 2.05) is 30.3 Å². The van der Waals surface area contributed by atoms with Crippen LogP contribution in [-0.2, 0) is 4.79 Å². The van der Waals surface area contributed by atoms with Gasteiger partial charge in [-0.3, -0.25) is 4.79 Å². The molecular formula is C15H17ClN4O. The monoisotopic (exact) mass is 304 g/mol. The highest BCUT2D eigenvalue weighted by Crippen LogP contribution is 2.19. The molecular weight excluding hydrogens is 288 g/mol. The number of nitrogens with zero attached hydrogens (tertiary/aromatic N) is 2. The number of unbranched alkanes of at least 4 members (excludes halogenated alkanes) is 1. The van der Waals surface area contributed by atoms with E-state index in [4.69, 9.17) is 17.3 Å². The number of carbonyl (C=O) groups excluding carboxylic acids is 1. The molecule has 6 heteroatoms. The number of nitrogens with two attached hydrogens (primary N) is 1. The van der Waals surface area contributed by atoms with E-state index in [0.717, 1.165) is 18.4 Å². The van der Waals surface area contributed by atoms with Crippen LogP contribution in [0.3, 0.4) is 0 Å². The molecule has 110 valence electrons. The zero-order chi connectivity index (χ0) is 15.1. The molecule has 3 N–H and O–H groups in total. The highest BCUT2D eigenvalue weighted by atomic mass is 35.5. The lowest BCUT2D eigenvalue weighted by Gasteiger charge is -2.07. The van der Waals surface area contributed by atoms with Gasteiger partial charge in [0.25, 0.3) is 0 Å². The van der Waals surface area contributed by atoms with Crippen molar-refractivity contribution in [1.29, 1.82) is 0 Å². The molecule has 2 rings (SSSR count). The van der Waals surface area contributed by atoms with E-state index in [0.29, 0.717) is 29.8 Å². The number of amides is 1. The third kappa shape index (κ3) is 5.04. The number of hydrogen-bond donors (Lipinski definition) is 2. The van der Waals surface area contributed by atoms with Crippen LogP contribution in [-0.4, -0.2) is 22.4 Å². The maximum absolute atomic E-state index is 10.6. The largest absolute Gasteiger partial charge is 0.370 e. The number of halogens is 1. The number of carbonyl (C=O) groups is 1. The van der Waals surface area contributed by atoms with E-state index in [-0.39, 0.29) is 5.91 Å². The summed E-state index contributed by atoms with van der Waals surface area (Å²) < 4.78 is 0. The Morgan fingerprint density at radius 2 is 1.95 bits per heavy atom. The smallest absolute Gasteiger partial charge is 0.217 e. The zero-order valence-corrected chi connectivity index (χ0v) is 12.3. The first-order valence-electron chi connectivity index (χ1n) is 6.77. The van der Waals surface area contributed by atoms with E-state index in [9.17, 15) is 4.79 Å². The van der Waals surface area contributed by atoms with Crippen molar-refractivity contribution >= 4 is 23.3 Å². The third-order valence-electron chi connectivity index (χ3n) is 2.88. The van der Waals surface area contributed by atoms with Crippen LogP contribution in [0.1, 0.15) is 19.3 Å². The van der Waals surface area contributed by atoms with Crippen LogP contribution in [0.5, 0.6) is 0 Å². The van der Waals surface area contributed by atoms with Gasteiger partial charge in [-0.05, 0) is 12.8 Å². The molecule has 0 spiro atoms. The van der Waals surface area contributed by atoms with Gasteiger partial charge in [0.2, 0.25) is 5.91 Å². The Balaban J connectivity index is 1.98. The maximum Gasteiger partial charge on any atom is 0.217 e. The second-order valence-corrected chi connectivity index (χ2v) is 5.00. The minimum atomic E-state index is -0.272. The Labute approximate surface area is 128 Å². The molecule has 0 aliphatic rings. The number of hydrogen-bond acceptors (Lipinski definition) is 4. The highest BCUT2D eigenvalue weighted by molar-refractivity contribution is 6.29. The Bertz CT molecular complexity index is 604. The van der Waals surface area contributed by atoms with Crippen molar-refractivity contribution < 1.29 is 4.79 Å². The number of anilines is 1. The van der Waals surface area contributed by atoms with Crippen LogP contribution in [0, 0.1) is 0 Å². The van der Waals surface area contributed by atoms with E-state index in [1.165, 1.54) is 0 Å². The molecule has 1 amide bonds. The van der Waals surface area contributed by atoms with Crippen molar-refractivity contribution in [2.75, 3.05) is 11.9 Å². The van der Waals surface area contributed by atoms with Crippen LogP contribution in [0.2, 0.25) is 5.15 Å². The van der Waals surface area contributed by atoms with E-state index < -0.39 is 0 Å². The molecule has 1 heterocycles. The van der Waals surface area contributed by atoms with Crippen LogP contribution in [0.4, 0.5) is 5.82 Å². The van der Waals surface area contributed by atoms with Gasteiger partial charge in [0.15, 0.2) is 5.82 Å². The SMILES string of the molecule is NC(=O)CCCCNc1cc(Cl)nc(-c2ccccc2)n1. The van der Waals surface area contributed by atoms with Gasteiger partial charge < -0.3 is 11.1 Å². The minimum Gasteiger partial charge on any atom is -0.370 e. The summed E-state index contributed by atoms with van der Waals surface area (Å²) in [5, 5.41) is 3.57. The fraction of sp³-hybridized carbons (Fsp3) is 0.267. The number of rotatable bonds is 7. The van der Waals surface area contributed by atoms with Crippen molar-refractivity contribution in [3.63, 3.8) is 0 Å². The minimum absolute atomic E-state index is 0.272. The molecule has 21 heavy (non-hydrogen) atoms. The standard InChI is InChI=1S/C15H17ClN4O/c16-12-10-14(18-9-5-4-8-13(17)21)20-15(19-12)11-6-2-1-3-7-11/h1-3,6-7,10H,4-5,8-9H2,(H2,17,21)(H,18,19,20). The summed E-state index contributed by atoms with van der Waals surface area (Å²) in [5.41, 5.74) is 6.01. The van der Waals surface area contributed by atoms with Crippen LogP contribution < -0.4 is 11.1 Å². The molecule has 0 atom stereocenters. The van der Waals surface area contributed by atoms with E-state index in [2.05, 4.69) is 15.3 Å². The van der Waals surface area contributed by atoms with Crippen molar-refractivity contribution in [3.05, 3.63) is 41.6 Å². The molecule has 0 bridgehead atoms. The summed E-state index contributed by atoms with van der Waals surface area (Å²) in [6.07, 6.45) is 2.00. The Kier molecular flexibility index (Phi) is 5.51. The van der Waals surface area contributed by atoms with Crippen molar-refractivity contribution in [2.45, 2.75) is 19.3 Å². The van der Waals surface area contributed by atoms with E-state index >= 15 is 0 Å². The summed E-state index contributed by atoms with van der Waals surface area (Å²) in [4.78, 5) is 19.3. The van der Waals surface area contributed by atoms with Gasteiger partial charge in [0.1, 0.15) is 11.0 Å². The number of aromatic nitrogens is 2. The topological polar surface area (TPSA) is 80.9 Å². The Hall–Kier alpha value is -2.14. The van der Waals surface area contributed by atoms with Gasteiger partial charge in [-0.1, -0.05) is 41.9 Å². The fourth-order valence-electron chi connectivity index (χ4n) is 1.87. The van der Waals surface area contributed by atoms with Crippen molar-refractivity contribution in [3.8, 4) is 11.4 Å². The summed E-state index contributed by atoms with van der Waals surface area (Å²) in [6.45, 7) is 0.703. The van der Waals surface area contributed by atoms with Gasteiger partial charge in [0, 0.05) is 24.6 Å². The average Bonchev–Trinajstić information content (AvgIpc) is 2.47. The Morgan fingerprint density at radius 1 is 1.19 bits per heavy atom. The van der Waals surface area contributed by atoms with Crippen molar-refractivity contribution in [1.82, 2.24) is 9.97 Å². The highest BCUT2D eigenvalue weighted by Gasteiger charge is 2.05. The summed E-state index contributed by atoms with van der Waals surface area (Å²) in [7, 11) is 0. The molecule has 0 aliphatic carbocycles. The second kappa shape index (κ2) is 7.59. The van der Waals surface area contributed by atoms with Crippen LogP contribution >= 0.6 is 11.6 Å². The van der Waals surface area contributed by atoms with Gasteiger partial charge in [-0.15, -0.1) is 0 Å². The summed E-state index contributed by atoms with van der Waals surface area (Å²) in [6, 6.07) is 11.3. The lowest BCUT2D eigenvalue weighted by Crippen LogP contribution is -2.11.